The molecule has 4 rings (SSSR count). The Hall–Kier alpha value is -1.76. The Morgan fingerprint density at radius 2 is 1.62 bits per heavy atom. The van der Waals surface area contributed by atoms with Gasteiger partial charge in [0.2, 0.25) is 0 Å². The van der Waals surface area contributed by atoms with Gasteiger partial charge in [-0.3, -0.25) is 0 Å². The smallest absolute Gasteiger partial charge is 0.0375 e. The minimum absolute atomic E-state index is 0.670. The minimum Gasteiger partial charge on any atom is -0.385 e. The topological polar surface area (TPSA) is 12.0 Å². The maximum absolute atomic E-state index is 3.54. The van der Waals surface area contributed by atoms with E-state index in [0.717, 1.165) is 12.5 Å². The van der Waals surface area contributed by atoms with Crippen molar-refractivity contribution in [2.24, 2.45) is 0 Å². The summed E-state index contributed by atoms with van der Waals surface area (Å²) < 4.78 is 0. The molecule has 0 bridgehead atoms. The van der Waals surface area contributed by atoms with Crippen LogP contribution in [0.3, 0.4) is 0 Å². The highest BCUT2D eigenvalue weighted by molar-refractivity contribution is 5.55. The quantitative estimate of drug-likeness (QED) is 0.823. The van der Waals surface area contributed by atoms with Crippen LogP contribution < -0.4 is 5.32 Å². The molecule has 1 fully saturated rings. The Morgan fingerprint density at radius 1 is 0.857 bits per heavy atom. The van der Waals surface area contributed by atoms with E-state index >= 15 is 0 Å². The number of fused-ring (bicyclic) bond motifs is 1. The van der Waals surface area contributed by atoms with E-state index in [1.54, 1.807) is 11.1 Å². The van der Waals surface area contributed by atoms with Crippen molar-refractivity contribution < 1.29 is 0 Å². The molecule has 1 saturated carbocycles. The van der Waals surface area contributed by atoms with Crippen molar-refractivity contribution in [2.75, 3.05) is 11.9 Å². The molecule has 1 unspecified atom stereocenters. The van der Waals surface area contributed by atoms with Crippen LogP contribution >= 0.6 is 0 Å². The molecule has 2 aromatic carbocycles. The lowest BCUT2D eigenvalue weighted by molar-refractivity contribution is 0.416. The van der Waals surface area contributed by atoms with Gasteiger partial charge in [-0.25, -0.2) is 0 Å². The van der Waals surface area contributed by atoms with Crippen molar-refractivity contribution in [3.63, 3.8) is 0 Å². The molecule has 1 N–H and O–H groups in total. The SMILES string of the molecule is c1ccc(C2CCC2)c(CC2CCNc3ccccc32)c1. The number of benzene rings is 2. The Kier molecular flexibility index (Phi) is 3.42. The zero-order valence-corrected chi connectivity index (χ0v) is 12.5. The van der Waals surface area contributed by atoms with Gasteiger partial charge in [-0.1, -0.05) is 48.9 Å². The van der Waals surface area contributed by atoms with E-state index in [4.69, 9.17) is 0 Å². The van der Waals surface area contributed by atoms with Gasteiger partial charge in [-0.15, -0.1) is 0 Å². The van der Waals surface area contributed by atoms with Crippen molar-refractivity contribution in [3.05, 3.63) is 65.2 Å². The molecule has 2 aromatic rings. The molecule has 1 heterocycles. The van der Waals surface area contributed by atoms with E-state index in [1.165, 1.54) is 43.4 Å². The fourth-order valence-electron chi connectivity index (χ4n) is 3.87. The molecule has 2 aliphatic rings. The molecule has 0 amide bonds. The van der Waals surface area contributed by atoms with E-state index in [1.807, 2.05) is 0 Å². The summed E-state index contributed by atoms with van der Waals surface area (Å²) >= 11 is 0. The molecule has 1 atom stereocenters. The maximum Gasteiger partial charge on any atom is 0.0375 e. The van der Waals surface area contributed by atoms with E-state index in [2.05, 4.69) is 53.8 Å². The molecule has 1 aliphatic heterocycles. The molecular weight excluding hydrogens is 254 g/mol. The highest BCUT2D eigenvalue weighted by Gasteiger charge is 2.25. The predicted molar refractivity (Wildman–Crippen MR) is 89.0 cm³/mol. The highest BCUT2D eigenvalue weighted by atomic mass is 14.9. The summed E-state index contributed by atoms with van der Waals surface area (Å²) in [4.78, 5) is 0. The first-order valence-electron chi connectivity index (χ1n) is 8.32. The summed E-state index contributed by atoms with van der Waals surface area (Å²) in [5.41, 5.74) is 6.06. The van der Waals surface area contributed by atoms with Gasteiger partial charge in [-0.2, -0.15) is 0 Å². The van der Waals surface area contributed by atoms with Gasteiger partial charge < -0.3 is 5.32 Å². The first-order chi connectivity index (χ1) is 10.4. The molecular formula is C20H23N. The largest absolute Gasteiger partial charge is 0.385 e. The summed E-state index contributed by atoms with van der Waals surface area (Å²) in [6, 6.07) is 18.0. The normalized spacial score (nSPS) is 21.2. The van der Waals surface area contributed by atoms with E-state index in [-0.39, 0.29) is 0 Å². The minimum atomic E-state index is 0.670. The average molecular weight is 277 g/mol. The predicted octanol–water partition coefficient (Wildman–Crippen LogP) is 5.10. The number of hydrogen-bond acceptors (Lipinski definition) is 1. The fourth-order valence-corrected chi connectivity index (χ4v) is 3.87. The standard InChI is InChI=1S/C20H23N/c1-2-9-18(15-7-5-8-15)16(6-1)14-17-12-13-21-20-11-4-3-10-19(17)20/h1-4,6,9-11,15,17,21H,5,7-8,12-14H2. The Morgan fingerprint density at radius 3 is 2.43 bits per heavy atom. The van der Waals surface area contributed by atoms with Crippen molar-refractivity contribution in [1.82, 2.24) is 0 Å². The van der Waals surface area contributed by atoms with Crippen LogP contribution in [-0.4, -0.2) is 6.54 Å². The van der Waals surface area contributed by atoms with Crippen molar-refractivity contribution >= 4 is 5.69 Å². The van der Waals surface area contributed by atoms with Gasteiger partial charge in [-0.05, 0) is 60.3 Å². The molecule has 1 nitrogen and oxygen atoms in total. The number of rotatable bonds is 3. The number of anilines is 1. The summed E-state index contributed by atoms with van der Waals surface area (Å²) in [6.07, 6.45) is 6.64. The lowest BCUT2D eigenvalue weighted by atomic mass is 9.76. The second-order valence-electron chi connectivity index (χ2n) is 6.53. The third kappa shape index (κ3) is 2.46. The third-order valence-corrected chi connectivity index (χ3v) is 5.28. The Labute approximate surface area is 127 Å². The van der Waals surface area contributed by atoms with Crippen LogP contribution in [0, 0.1) is 0 Å². The Balaban J connectivity index is 1.62. The van der Waals surface area contributed by atoms with E-state index in [0.29, 0.717) is 5.92 Å². The van der Waals surface area contributed by atoms with Gasteiger partial charge >= 0.3 is 0 Å². The molecule has 0 spiro atoms. The van der Waals surface area contributed by atoms with Crippen LogP contribution in [0.4, 0.5) is 5.69 Å². The second-order valence-corrected chi connectivity index (χ2v) is 6.53. The van der Waals surface area contributed by atoms with Crippen LogP contribution in [0.2, 0.25) is 0 Å². The molecule has 21 heavy (non-hydrogen) atoms. The summed E-state index contributed by atoms with van der Waals surface area (Å²) in [5.74, 6) is 1.50. The van der Waals surface area contributed by atoms with E-state index in [9.17, 15) is 0 Å². The lowest BCUT2D eigenvalue weighted by Gasteiger charge is -2.31. The number of nitrogens with one attached hydrogen (secondary N) is 1. The molecule has 108 valence electrons. The molecule has 1 heteroatoms. The first kappa shape index (κ1) is 12.9. The lowest BCUT2D eigenvalue weighted by Crippen LogP contribution is -2.19. The fraction of sp³-hybridized carbons (Fsp3) is 0.400. The monoisotopic (exact) mass is 277 g/mol. The number of hydrogen-bond donors (Lipinski definition) is 1. The van der Waals surface area contributed by atoms with Crippen molar-refractivity contribution in [1.29, 1.82) is 0 Å². The van der Waals surface area contributed by atoms with Crippen LogP contribution in [0.1, 0.15) is 54.2 Å². The van der Waals surface area contributed by atoms with Gasteiger partial charge in [0.15, 0.2) is 0 Å². The van der Waals surface area contributed by atoms with Crippen LogP contribution in [0.25, 0.3) is 0 Å². The van der Waals surface area contributed by atoms with Gasteiger partial charge in [0.1, 0.15) is 0 Å². The van der Waals surface area contributed by atoms with Gasteiger partial charge in [0.05, 0.1) is 0 Å². The first-order valence-corrected chi connectivity index (χ1v) is 8.32. The van der Waals surface area contributed by atoms with E-state index < -0.39 is 0 Å². The summed E-state index contributed by atoms with van der Waals surface area (Å²) in [5, 5.41) is 3.54. The zero-order chi connectivity index (χ0) is 14.1. The van der Waals surface area contributed by atoms with Crippen LogP contribution in [0.5, 0.6) is 0 Å². The summed E-state index contributed by atoms with van der Waals surface area (Å²) in [7, 11) is 0. The molecule has 0 saturated heterocycles. The molecule has 0 aromatic heterocycles. The van der Waals surface area contributed by atoms with Gasteiger partial charge in [0, 0.05) is 12.2 Å². The average Bonchev–Trinajstić information content (AvgIpc) is 2.48. The highest BCUT2D eigenvalue weighted by Crippen LogP contribution is 2.40. The van der Waals surface area contributed by atoms with Crippen LogP contribution in [-0.2, 0) is 6.42 Å². The summed E-state index contributed by atoms with van der Waals surface area (Å²) in [6.45, 7) is 1.10. The number of para-hydroxylation sites is 1. The van der Waals surface area contributed by atoms with Crippen LogP contribution in [0.15, 0.2) is 48.5 Å². The third-order valence-electron chi connectivity index (χ3n) is 5.28. The maximum atomic E-state index is 3.54. The second kappa shape index (κ2) is 5.55. The molecule has 0 radical (unpaired) electrons. The van der Waals surface area contributed by atoms with Crippen molar-refractivity contribution in [2.45, 2.75) is 43.9 Å². The zero-order valence-electron chi connectivity index (χ0n) is 12.5. The van der Waals surface area contributed by atoms with Gasteiger partial charge in [0.25, 0.3) is 0 Å². The Bertz CT molecular complexity index is 627. The molecule has 1 aliphatic carbocycles. The van der Waals surface area contributed by atoms with Crippen molar-refractivity contribution in [3.8, 4) is 0 Å².